The van der Waals surface area contributed by atoms with Gasteiger partial charge in [0.2, 0.25) is 10.0 Å². The van der Waals surface area contributed by atoms with E-state index in [1.165, 1.54) is 0 Å². The van der Waals surface area contributed by atoms with Gasteiger partial charge in [0.15, 0.2) is 0 Å². The fourth-order valence-electron chi connectivity index (χ4n) is 2.80. The van der Waals surface area contributed by atoms with E-state index in [4.69, 9.17) is 0 Å². The minimum Gasteiger partial charge on any atom is -0.207 e. The molecule has 0 saturated heterocycles. The largest absolute Gasteiger partial charge is 0.241 e. The highest BCUT2D eigenvalue weighted by Gasteiger charge is 2.23. The number of hydrogen-bond acceptors (Lipinski definition) is 2. The zero-order valence-corrected chi connectivity index (χ0v) is 16.8. The molecule has 0 amide bonds. The third kappa shape index (κ3) is 4.61. The van der Waals surface area contributed by atoms with Crippen LogP contribution in [-0.2, 0) is 16.4 Å². The Kier molecular flexibility index (Phi) is 5.91. The summed E-state index contributed by atoms with van der Waals surface area (Å²) >= 11 is 3.55. The van der Waals surface area contributed by atoms with E-state index in [2.05, 4.69) is 20.7 Å². The summed E-state index contributed by atoms with van der Waals surface area (Å²) in [6.07, 6.45) is 0.564. The van der Waals surface area contributed by atoms with Crippen LogP contribution in [0.25, 0.3) is 0 Å². The lowest BCUT2D eigenvalue weighted by molar-refractivity contribution is 0.554. The number of rotatable bonds is 6. The molecule has 1 atom stereocenters. The second kappa shape index (κ2) is 8.16. The summed E-state index contributed by atoms with van der Waals surface area (Å²) in [5.41, 5.74) is 3.00. The van der Waals surface area contributed by atoms with Crippen molar-refractivity contribution in [1.82, 2.24) is 4.72 Å². The van der Waals surface area contributed by atoms with E-state index < -0.39 is 10.0 Å². The van der Waals surface area contributed by atoms with E-state index in [-0.39, 0.29) is 10.9 Å². The smallest absolute Gasteiger partial charge is 0.207 e. The van der Waals surface area contributed by atoms with E-state index in [0.29, 0.717) is 6.42 Å². The Morgan fingerprint density at radius 2 is 1.50 bits per heavy atom. The summed E-state index contributed by atoms with van der Waals surface area (Å²) in [4.78, 5) is 0.271. The first-order valence-corrected chi connectivity index (χ1v) is 10.6. The zero-order chi connectivity index (χ0) is 18.6. The molecule has 0 aromatic heterocycles. The Labute approximate surface area is 163 Å². The first-order valence-electron chi connectivity index (χ1n) is 8.33. The van der Waals surface area contributed by atoms with Crippen LogP contribution >= 0.6 is 15.9 Å². The van der Waals surface area contributed by atoms with E-state index in [1.54, 1.807) is 24.3 Å². The van der Waals surface area contributed by atoms with Gasteiger partial charge in [-0.05, 0) is 42.7 Å². The van der Waals surface area contributed by atoms with Crippen molar-refractivity contribution in [3.63, 3.8) is 0 Å². The zero-order valence-electron chi connectivity index (χ0n) is 14.4. The van der Waals surface area contributed by atoms with Crippen LogP contribution in [0, 0.1) is 6.92 Å². The van der Waals surface area contributed by atoms with Gasteiger partial charge in [-0.2, -0.15) is 0 Å². The first-order chi connectivity index (χ1) is 12.5. The predicted molar refractivity (Wildman–Crippen MR) is 109 cm³/mol. The molecule has 0 aliphatic rings. The van der Waals surface area contributed by atoms with E-state index in [1.807, 2.05) is 61.5 Å². The minimum atomic E-state index is -3.63. The summed E-state index contributed by atoms with van der Waals surface area (Å²) in [5, 5.41) is 0. The summed E-state index contributed by atoms with van der Waals surface area (Å²) in [7, 11) is -3.63. The fourth-order valence-corrected chi connectivity index (χ4v) is 4.57. The van der Waals surface area contributed by atoms with Gasteiger partial charge in [-0.25, -0.2) is 13.1 Å². The maximum Gasteiger partial charge on any atom is 0.241 e. The number of nitrogens with one attached hydrogen (secondary N) is 1. The average molecular weight is 430 g/mol. The first kappa shape index (κ1) is 18.8. The van der Waals surface area contributed by atoms with Gasteiger partial charge >= 0.3 is 0 Å². The number of benzene rings is 3. The maximum atomic E-state index is 12.9. The van der Waals surface area contributed by atoms with Gasteiger partial charge in [-0.15, -0.1) is 0 Å². The number of hydrogen-bond donors (Lipinski definition) is 1. The Hall–Kier alpha value is -1.95. The lowest BCUT2D eigenvalue weighted by Gasteiger charge is -2.21. The van der Waals surface area contributed by atoms with Crippen molar-refractivity contribution in [2.75, 3.05) is 0 Å². The molecular weight excluding hydrogens is 410 g/mol. The molecule has 5 heteroatoms. The highest BCUT2D eigenvalue weighted by Crippen LogP contribution is 2.27. The lowest BCUT2D eigenvalue weighted by Crippen LogP contribution is -2.30. The Morgan fingerprint density at radius 3 is 2.15 bits per heavy atom. The molecule has 0 spiro atoms. The average Bonchev–Trinajstić information content (AvgIpc) is 2.63. The monoisotopic (exact) mass is 429 g/mol. The van der Waals surface area contributed by atoms with Crippen molar-refractivity contribution < 1.29 is 8.42 Å². The SMILES string of the molecule is Cc1ccc(S(=O)(=O)NC(Cc2ccccc2)c2ccccc2Br)cc1. The summed E-state index contributed by atoms with van der Waals surface area (Å²) in [5.74, 6) is 0. The van der Waals surface area contributed by atoms with Gasteiger partial charge in [0.05, 0.1) is 10.9 Å². The third-order valence-electron chi connectivity index (χ3n) is 4.19. The Bertz CT molecular complexity index is 970. The van der Waals surface area contributed by atoms with Crippen LogP contribution in [0.15, 0.2) is 88.2 Å². The predicted octanol–water partition coefficient (Wildman–Crippen LogP) is 5.02. The standard InChI is InChI=1S/C21H20BrNO2S/c1-16-11-13-18(14-12-16)26(24,25)23-21(15-17-7-3-2-4-8-17)19-9-5-6-10-20(19)22/h2-14,21,23H,15H2,1H3. The third-order valence-corrected chi connectivity index (χ3v) is 6.40. The van der Waals surface area contributed by atoms with Crippen LogP contribution in [0.4, 0.5) is 0 Å². The van der Waals surface area contributed by atoms with Crippen molar-refractivity contribution in [2.45, 2.75) is 24.3 Å². The summed E-state index contributed by atoms with van der Waals surface area (Å²) < 4.78 is 29.6. The van der Waals surface area contributed by atoms with Crippen molar-refractivity contribution in [1.29, 1.82) is 0 Å². The topological polar surface area (TPSA) is 46.2 Å². The molecule has 0 saturated carbocycles. The lowest BCUT2D eigenvalue weighted by atomic mass is 10.00. The Morgan fingerprint density at radius 1 is 0.885 bits per heavy atom. The van der Waals surface area contributed by atoms with Crippen molar-refractivity contribution >= 4 is 26.0 Å². The molecule has 3 aromatic rings. The van der Waals surface area contributed by atoms with Crippen molar-refractivity contribution in [3.05, 3.63) is 100 Å². The molecule has 0 heterocycles. The van der Waals surface area contributed by atoms with Crippen molar-refractivity contribution in [3.8, 4) is 0 Å². The van der Waals surface area contributed by atoms with Gasteiger partial charge in [0.1, 0.15) is 0 Å². The van der Waals surface area contributed by atoms with Crippen LogP contribution < -0.4 is 4.72 Å². The summed E-state index contributed by atoms with van der Waals surface area (Å²) in [6.45, 7) is 1.93. The van der Waals surface area contributed by atoms with Crippen molar-refractivity contribution in [2.24, 2.45) is 0 Å². The molecule has 1 unspecified atom stereocenters. The van der Waals surface area contributed by atoms with Gasteiger partial charge in [-0.1, -0.05) is 82.2 Å². The van der Waals surface area contributed by atoms with E-state index >= 15 is 0 Å². The molecule has 3 rings (SSSR count). The molecule has 3 nitrogen and oxygen atoms in total. The quantitative estimate of drug-likeness (QED) is 0.597. The Balaban J connectivity index is 1.95. The normalized spacial score (nSPS) is 12.7. The molecule has 26 heavy (non-hydrogen) atoms. The molecule has 0 aliphatic heterocycles. The fraction of sp³-hybridized carbons (Fsp3) is 0.143. The van der Waals surface area contributed by atoms with E-state index in [9.17, 15) is 8.42 Å². The number of aryl methyl sites for hydroxylation is 1. The van der Waals surface area contributed by atoms with Crippen LogP contribution in [0.5, 0.6) is 0 Å². The van der Waals surface area contributed by atoms with Gasteiger partial charge in [-0.3, -0.25) is 0 Å². The highest BCUT2D eigenvalue weighted by molar-refractivity contribution is 9.10. The molecule has 1 N–H and O–H groups in total. The molecule has 0 radical (unpaired) electrons. The summed E-state index contributed by atoms with van der Waals surface area (Å²) in [6, 6.07) is 24.1. The maximum absolute atomic E-state index is 12.9. The van der Waals surface area contributed by atoms with Gasteiger partial charge in [0.25, 0.3) is 0 Å². The number of halogens is 1. The second-order valence-electron chi connectivity index (χ2n) is 6.20. The molecular formula is C21H20BrNO2S. The van der Waals surface area contributed by atoms with Crippen LogP contribution in [0.2, 0.25) is 0 Å². The highest BCUT2D eigenvalue weighted by atomic mass is 79.9. The van der Waals surface area contributed by atoms with Crippen LogP contribution in [-0.4, -0.2) is 8.42 Å². The van der Waals surface area contributed by atoms with Crippen LogP contribution in [0.1, 0.15) is 22.7 Å². The van der Waals surface area contributed by atoms with Gasteiger partial charge in [0, 0.05) is 4.47 Å². The number of sulfonamides is 1. The second-order valence-corrected chi connectivity index (χ2v) is 8.77. The van der Waals surface area contributed by atoms with E-state index in [0.717, 1.165) is 21.2 Å². The molecule has 0 aliphatic carbocycles. The molecule has 3 aromatic carbocycles. The van der Waals surface area contributed by atoms with Crippen LogP contribution in [0.3, 0.4) is 0 Å². The molecule has 0 bridgehead atoms. The molecule has 134 valence electrons. The minimum absolute atomic E-state index is 0.271. The van der Waals surface area contributed by atoms with Gasteiger partial charge < -0.3 is 0 Å². The molecule has 0 fully saturated rings.